The predicted octanol–water partition coefficient (Wildman–Crippen LogP) is 1.65. The smallest absolute Gasteiger partial charge is 0.0592 e. The second-order valence-corrected chi connectivity index (χ2v) is 4.77. The predicted molar refractivity (Wildman–Crippen MR) is 59.6 cm³/mol. The van der Waals surface area contributed by atoms with Crippen LogP contribution in [-0.4, -0.2) is 24.3 Å². The second-order valence-electron chi connectivity index (χ2n) is 3.99. The van der Waals surface area contributed by atoms with E-state index in [-0.39, 0.29) is 6.10 Å². The van der Waals surface area contributed by atoms with Crippen molar-refractivity contribution in [2.45, 2.75) is 25.4 Å². The van der Waals surface area contributed by atoms with Gasteiger partial charge in [-0.2, -0.15) is 11.3 Å². The fourth-order valence-electron chi connectivity index (χ4n) is 1.99. The van der Waals surface area contributed by atoms with Gasteiger partial charge in [0, 0.05) is 6.54 Å². The van der Waals surface area contributed by atoms with E-state index in [0.29, 0.717) is 5.92 Å². The molecule has 0 radical (unpaired) electrons. The molecule has 1 fully saturated rings. The van der Waals surface area contributed by atoms with Crippen molar-refractivity contribution in [3.05, 3.63) is 22.4 Å². The number of hydrogen-bond donors (Lipinski definition) is 2. The van der Waals surface area contributed by atoms with Crippen LogP contribution >= 0.6 is 11.3 Å². The van der Waals surface area contributed by atoms with Gasteiger partial charge in [-0.25, -0.2) is 0 Å². The lowest BCUT2D eigenvalue weighted by Gasteiger charge is -2.28. The second kappa shape index (κ2) is 4.91. The molecule has 1 aromatic rings. The van der Waals surface area contributed by atoms with Crippen molar-refractivity contribution in [3.8, 4) is 0 Å². The maximum Gasteiger partial charge on any atom is 0.0592 e. The van der Waals surface area contributed by atoms with Gasteiger partial charge in [0.1, 0.15) is 0 Å². The van der Waals surface area contributed by atoms with Crippen molar-refractivity contribution >= 4 is 11.3 Å². The highest BCUT2D eigenvalue weighted by Crippen LogP contribution is 2.18. The Kier molecular flexibility index (Phi) is 3.56. The molecule has 2 atom stereocenters. The lowest BCUT2D eigenvalue weighted by molar-refractivity contribution is 0.0747. The summed E-state index contributed by atoms with van der Waals surface area (Å²) in [5.41, 5.74) is 1.41. The Hall–Kier alpha value is -0.380. The summed E-state index contributed by atoms with van der Waals surface area (Å²) in [5, 5.41) is 17.4. The molecular weight excluding hydrogens is 194 g/mol. The molecule has 1 saturated heterocycles. The standard InChI is InChI=1S/C11H17NOS/c13-11-3-5-12-7-10(11)2-1-9-4-6-14-8-9/h4,6,8,10-13H,1-3,5,7H2. The van der Waals surface area contributed by atoms with Crippen LogP contribution in [0.15, 0.2) is 16.8 Å². The van der Waals surface area contributed by atoms with Crippen LogP contribution in [0.25, 0.3) is 0 Å². The third-order valence-electron chi connectivity index (χ3n) is 2.95. The van der Waals surface area contributed by atoms with Crippen LogP contribution in [-0.2, 0) is 6.42 Å². The average molecular weight is 211 g/mol. The third-order valence-corrected chi connectivity index (χ3v) is 3.68. The number of rotatable bonds is 3. The average Bonchev–Trinajstić information content (AvgIpc) is 2.69. The fourth-order valence-corrected chi connectivity index (χ4v) is 2.69. The number of piperidine rings is 1. The minimum atomic E-state index is -0.0881. The van der Waals surface area contributed by atoms with Gasteiger partial charge < -0.3 is 10.4 Å². The van der Waals surface area contributed by atoms with Crippen molar-refractivity contribution in [3.63, 3.8) is 0 Å². The first-order valence-corrected chi connectivity index (χ1v) is 6.20. The molecule has 1 aliphatic heterocycles. The molecule has 0 bridgehead atoms. The van der Waals surface area contributed by atoms with Gasteiger partial charge in [-0.3, -0.25) is 0 Å². The van der Waals surface area contributed by atoms with Crippen LogP contribution in [0.3, 0.4) is 0 Å². The van der Waals surface area contributed by atoms with E-state index in [4.69, 9.17) is 0 Å². The summed E-state index contributed by atoms with van der Waals surface area (Å²) in [7, 11) is 0. The summed E-state index contributed by atoms with van der Waals surface area (Å²) in [6, 6.07) is 2.17. The van der Waals surface area contributed by atoms with Gasteiger partial charge in [-0.05, 0) is 54.1 Å². The molecule has 2 nitrogen and oxygen atoms in total. The van der Waals surface area contributed by atoms with Crippen molar-refractivity contribution in [1.29, 1.82) is 0 Å². The molecule has 1 aliphatic rings. The lowest BCUT2D eigenvalue weighted by atomic mass is 9.91. The van der Waals surface area contributed by atoms with Gasteiger partial charge in [0.25, 0.3) is 0 Å². The Bertz CT molecular complexity index is 260. The topological polar surface area (TPSA) is 32.3 Å². The van der Waals surface area contributed by atoms with E-state index in [2.05, 4.69) is 22.1 Å². The molecule has 78 valence electrons. The molecule has 3 heteroatoms. The lowest BCUT2D eigenvalue weighted by Crippen LogP contribution is -2.39. The van der Waals surface area contributed by atoms with E-state index in [1.54, 1.807) is 11.3 Å². The van der Waals surface area contributed by atoms with Gasteiger partial charge in [0.2, 0.25) is 0 Å². The SMILES string of the molecule is OC1CCNCC1CCc1ccsc1. The molecule has 2 N–H and O–H groups in total. The van der Waals surface area contributed by atoms with Gasteiger partial charge >= 0.3 is 0 Å². The highest BCUT2D eigenvalue weighted by molar-refractivity contribution is 7.07. The van der Waals surface area contributed by atoms with Gasteiger partial charge in [-0.1, -0.05) is 0 Å². The van der Waals surface area contributed by atoms with Crippen LogP contribution in [0.2, 0.25) is 0 Å². The van der Waals surface area contributed by atoms with Crippen LogP contribution in [0, 0.1) is 5.92 Å². The number of aryl methyl sites for hydroxylation is 1. The molecule has 0 amide bonds. The Morgan fingerprint density at radius 2 is 2.50 bits per heavy atom. The molecule has 2 rings (SSSR count). The molecular formula is C11H17NOS. The van der Waals surface area contributed by atoms with Gasteiger partial charge in [0.05, 0.1) is 6.10 Å². The number of aliphatic hydroxyl groups excluding tert-OH is 1. The van der Waals surface area contributed by atoms with Crippen LogP contribution in [0.5, 0.6) is 0 Å². The molecule has 1 aromatic heterocycles. The largest absolute Gasteiger partial charge is 0.393 e. The van der Waals surface area contributed by atoms with E-state index in [1.807, 2.05) is 0 Å². The third kappa shape index (κ3) is 2.56. The number of hydrogen-bond acceptors (Lipinski definition) is 3. The van der Waals surface area contributed by atoms with E-state index in [9.17, 15) is 5.11 Å². The quantitative estimate of drug-likeness (QED) is 0.797. The minimum Gasteiger partial charge on any atom is -0.393 e. The zero-order valence-corrected chi connectivity index (χ0v) is 9.09. The van der Waals surface area contributed by atoms with Gasteiger partial charge in [-0.15, -0.1) is 0 Å². The van der Waals surface area contributed by atoms with Crippen molar-refractivity contribution < 1.29 is 5.11 Å². The van der Waals surface area contributed by atoms with Crippen LogP contribution in [0.4, 0.5) is 0 Å². The van der Waals surface area contributed by atoms with E-state index in [1.165, 1.54) is 5.56 Å². The number of nitrogens with one attached hydrogen (secondary N) is 1. The Labute approximate surface area is 89.0 Å². The summed E-state index contributed by atoms with van der Waals surface area (Å²) in [6.45, 7) is 1.95. The molecule has 2 heterocycles. The minimum absolute atomic E-state index is 0.0881. The Morgan fingerprint density at radius 1 is 1.57 bits per heavy atom. The molecule has 0 spiro atoms. The summed E-state index contributed by atoms with van der Waals surface area (Å²) in [5.74, 6) is 0.448. The van der Waals surface area contributed by atoms with E-state index < -0.39 is 0 Å². The number of aliphatic hydroxyl groups is 1. The molecule has 0 aromatic carbocycles. The summed E-state index contributed by atoms with van der Waals surface area (Å²) < 4.78 is 0. The van der Waals surface area contributed by atoms with Gasteiger partial charge in [0.15, 0.2) is 0 Å². The van der Waals surface area contributed by atoms with Crippen molar-refractivity contribution in [2.75, 3.05) is 13.1 Å². The maximum absolute atomic E-state index is 9.76. The van der Waals surface area contributed by atoms with E-state index >= 15 is 0 Å². The zero-order valence-electron chi connectivity index (χ0n) is 8.28. The summed E-state index contributed by atoms with van der Waals surface area (Å²) in [6.07, 6.45) is 3.03. The highest BCUT2D eigenvalue weighted by atomic mass is 32.1. The van der Waals surface area contributed by atoms with Crippen molar-refractivity contribution in [1.82, 2.24) is 5.32 Å². The molecule has 14 heavy (non-hydrogen) atoms. The molecule has 0 saturated carbocycles. The normalized spacial score (nSPS) is 27.8. The Balaban J connectivity index is 1.79. The highest BCUT2D eigenvalue weighted by Gasteiger charge is 2.22. The summed E-state index contributed by atoms with van der Waals surface area (Å²) >= 11 is 1.75. The Morgan fingerprint density at radius 3 is 3.21 bits per heavy atom. The monoisotopic (exact) mass is 211 g/mol. The van der Waals surface area contributed by atoms with Crippen molar-refractivity contribution in [2.24, 2.45) is 5.92 Å². The van der Waals surface area contributed by atoms with Crippen LogP contribution < -0.4 is 5.32 Å². The first-order chi connectivity index (χ1) is 6.86. The molecule has 0 aliphatic carbocycles. The fraction of sp³-hybridized carbons (Fsp3) is 0.636. The zero-order chi connectivity index (χ0) is 9.80. The first-order valence-electron chi connectivity index (χ1n) is 5.26. The summed E-state index contributed by atoms with van der Waals surface area (Å²) in [4.78, 5) is 0. The maximum atomic E-state index is 9.76. The number of thiophene rings is 1. The van der Waals surface area contributed by atoms with Crippen LogP contribution in [0.1, 0.15) is 18.4 Å². The van der Waals surface area contributed by atoms with E-state index in [0.717, 1.165) is 32.4 Å². The first kappa shape index (κ1) is 10.1. The molecule has 2 unspecified atom stereocenters.